The van der Waals surface area contributed by atoms with Gasteiger partial charge in [0.05, 0.1) is 6.61 Å². The molecule has 5 heteroatoms. The quantitative estimate of drug-likeness (QED) is 0.543. The Balaban J connectivity index is 1.77. The summed E-state index contributed by atoms with van der Waals surface area (Å²) in [5.41, 5.74) is 3.04. The molecule has 0 spiro atoms. The summed E-state index contributed by atoms with van der Waals surface area (Å²) in [6, 6.07) is 20.5. The number of nitrogens with one attached hydrogen (secondary N) is 1. The number of carbonyl (C=O) groups excluding carboxylic acids is 1. The van der Waals surface area contributed by atoms with Gasteiger partial charge in [0.15, 0.2) is 11.5 Å². The van der Waals surface area contributed by atoms with E-state index in [4.69, 9.17) is 21.1 Å². The maximum Gasteiger partial charge on any atom is 0.255 e. The van der Waals surface area contributed by atoms with Crippen LogP contribution in [0.5, 0.6) is 11.5 Å². The molecule has 0 atom stereocenters. The summed E-state index contributed by atoms with van der Waals surface area (Å²) >= 11 is 6.13. The van der Waals surface area contributed by atoms with Crippen LogP contribution in [0.15, 0.2) is 66.7 Å². The van der Waals surface area contributed by atoms with Gasteiger partial charge in [-0.3, -0.25) is 4.79 Å². The Bertz CT molecular complexity index is 957. The van der Waals surface area contributed by atoms with Gasteiger partial charge < -0.3 is 14.8 Å². The summed E-state index contributed by atoms with van der Waals surface area (Å²) in [6.45, 7) is 4.65. The van der Waals surface area contributed by atoms with E-state index in [9.17, 15) is 4.79 Å². The predicted octanol–water partition coefficient (Wildman–Crippen LogP) is 5.88. The number of benzene rings is 3. The average molecular weight is 396 g/mol. The summed E-state index contributed by atoms with van der Waals surface area (Å²) in [5.74, 6) is 0.899. The smallest absolute Gasteiger partial charge is 0.255 e. The molecule has 0 unspecified atom stereocenters. The molecule has 0 aliphatic rings. The molecule has 3 aromatic carbocycles. The lowest BCUT2D eigenvalue weighted by atomic mass is 10.1. The Morgan fingerprint density at radius 2 is 1.75 bits per heavy atom. The highest BCUT2D eigenvalue weighted by atomic mass is 35.5. The molecule has 0 aromatic heterocycles. The molecule has 3 aromatic rings. The topological polar surface area (TPSA) is 47.6 Å². The van der Waals surface area contributed by atoms with Crippen LogP contribution in [0.1, 0.15) is 28.4 Å². The first-order valence-corrected chi connectivity index (χ1v) is 9.46. The van der Waals surface area contributed by atoms with Gasteiger partial charge in [-0.1, -0.05) is 48.0 Å². The normalized spacial score (nSPS) is 10.4. The standard InChI is InChI=1S/C23H22ClNO3/c1-3-27-22-14-18(23(26)25-20-11-7-10-19(24)16(20)2)12-13-21(22)28-15-17-8-5-4-6-9-17/h4-14H,3,15H2,1-2H3,(H,25,26). The van der Waals surface area contributed by atoms with Gasteiger partial charge in [0.25, 0.3) is 5.91 Å². The fourth-order valence-electron chi connectivity index (χ4n) is 2.71. The second-order valence-corrected chi connectivity index (χ2v) is 6.64. The summed E-state index contributed by atoms with van der Waals surface area (Å²) in [6.07, 6.45) is 0. The van der Waals surface area contributed by atoms with E-state index in [1.165, 1.54) is 0 Å². The van der Waals surface area contributed by atoms with Crippen LogP contribution in [0.2, 0.25) is 5.02 Å². The first kappa shape index (κ1) is 19.8. The third-order valence-electron chi connectivity index (χ3n) is 4.26. The third kappa shape index (κ3) is 4.84. The van der Waals surface area contributed by atoms with Gasteiger partial charge in [0, 0.05) is 16.3 Å². The number of ether oxygens (including phenoxy) is 2. The number of carbonyl (C=O) groups is 1. The largest absolute Gasteiger partial charge is 0.490 e. The van der Waals surface area contributed by atoms with Crippen molar-refractivity contribution in [3.05, 3.63) is 88.4 Å². The van der Waals surface area contributed by atoms with Crippen molar-refractivity contribution in [2.75, 3.05) is 11.9 Å². The van der Waals surface area contributed by atoms with Crippen LogP contribution >= 0.6 is 11.6 Å². The van der Waals surface area contributed by atoms with E-state index in [2.05, 4.69) is 5.32 Å². The lowest BCUT2D eigenvalue weighted by Crippen LogP contribution is -2.13. The number of halogens is 1. The van der Waals surface area contributed by atoms with E-state index in [1.54, 1.807) is 30.3 Å². The van der Waals surface area contributed by atoms with Gasteiger partial charge in [0.1, 0.15) is 6.61 Å². The zero-order valence-corrected chi connectivity index (χ0v) is 16.6. The molecule has 28 heavy (non-hydrogen) atoms. The third-order valence-corrected chi connectivity index (χ3v) is 4.67. The van der Waals surface area contributed by atoms with Crippen molar-refractivity contribution in [1.82, 2.24) is 0 Å². The fraction of sp³-hybridized carbons (Fsp3) is 0.174. The average Bonchev–Trinajstić information content (AvgIpc) is 2.71. The van der Waals surface area contributed by atoms with E-state index in [-0.39, 0.29) is 5.91 Å². The summed E-state index contributed by atoms with van der Waals surface area (Å²) in [4.78, 5) is 12.7. The minimum atomic E-state index is -0.235. The first-order valence-electron chi connectivity index (χ1n) is 9.08. The molecular weight excluding hydrogens is 374 g/mol. The van der Waals surface area contributed by atoms with E-state index in [0.29, 0.717) is 41.0 Å². The highest BCUT2D eigenvalue weighted by molar-refractivity contribution is 6.31. The molecule has 0 saturated carbocycles. The van der Waals surface area contributed by atoms with Crippen molar-refractivity contribution in [3.63, 3.8) is 0 Å². The number of amides is 1. The Morgan fingerprint density at radius 3 is 2.50 bits per heavy atom. The van der Waals surface area contributed by atoms with Crippen molar-refractivity contribution < 1.29 is 14.3 Å². The molecule has 0 saturated heterocycles. The second-order valence-electron chi connectivity index (χ2n) is 6.24. The number of hydrogen-bond acceptors (Lipinski definition) is 3. The Morgan fingerprint density at radius 1 is 0.964 bits per heavy atom. The van der Waals surface area contributed by atoms with Crippen LogP contribution in [0.25, 0.3) is 0 Å². The van der Waals surface area contributed by atoms with Gasteiger partial charge in [-0.05, 0) is 55.3 Å². The molecule has 0 heterocycles. The molecule has 4 nitrogen and oxygen atoms in total. The van der Waals surface area contributed by atoms with Crippen LogP contribution in [-0.2, 0) is 6.61 Å². The van der Waals surface area contributed by atoms with Crippen LogP contribution in [-0.4, -0.2) is 12.5 Å². The van der Waals surface area contributed by atoms with E-state index < -0.39 is 0 Å². The second kappa shape index (κ2) is 9.29. The summed E-state index contributed by atoms with van der Waals surface area (Å²) in [5, 5.41) is 3.50. The number of rotatable bonds is 7. The molecule has 0 aliphatic heterocycles. The lowest BCUT2D eigenvalue weighted by Gasteiger charge is -2.14. The highest BCUT2D eigenvalue weighted by Gasteiger charge is 2.13. The molecule has 0 radical (unpaired) electrons. The van der Waals surface area contributed by atoms with Crippen LogP contribution in [0.4, 0.5) is 5.69 Å². The van der Waals surface area contributed by atoms with Crippen molar-refractivity contribution in [1.29, 1.82) is 0 Å². The van der Waals surface area contributed by atoms with E-state index in [0.717, 1.165) is 11.1 Å². The Kier molecular flexibility index (Phi) is 6.56. The van der Waals surface area contributed by atoms with E-state index >= 15 is 0 Å². The zero-order valence-electron chi connectivity index (χ0n) is 15.9. The van der Waals surface area contributed by atoms with Crippen LogP contribution in [0.3, 0.4) is 0 Å². The van der Waals surface area contributed by atoms with Gasteiger partial charge in [-0.25, -0.2) is 0 Å². The van der Waals surface area contributed by atoms with Gasteiger partial charge >= 0.3 is 0 Å². The maximum absolute atomic E-state index is 12.7. The molecule has 0 bridgehead atoms. The first-order chi connectivity index (χ1) is 13.6. The fourth-order valence-corrected chi connectivity index (χ4v) is 2.88. The van der Waals surface area contributed by atoms with Crippen molar-refractivity contribution in [3.8, 4) is 11.5 Å². The highest BCUT2D eigenvalue weighted by Crippen LogP contribution is 2.30. The monoisotopic (exact) mass is 395 g/mol. The van der Waals surface area contributed by atoms with Crippen LogP contribution in [0, 0.1) is 6.92 Å². The van der Waals surface area contributed by atoms with Gasteiger partial charge in [0.2, 0.25) is 0 Å². The molecule has 144 valence electrons. The minimum Gasteiger partial charge on any atom is -0.490 e. The minimum absolute atomic E-state index is 0.235. The maximum atomic E-state index is 12.7. The van der Waals surface area contributed by atoms with Crippen molar-refractivity contribution in [2.45, 2.75) is 20.5 Å². The molecule has 1 amide bonds. The predicted molar refractivity (Wildman–Crippen MR) is 113 cm³/mol. The lowest BCUT2D eigenvalue weighted by molar-refractivity contribution is 0.102. The Hall–Kier alpha value is -2.98. The summed E-state index contributed by atoms with van der Waals surface area (Å²) in [7, 11) is 0. The Labute approximate surface area is 170 Å². The molecule has 1 N–H and O–H groups in total. The zero-order chi connectivity index (χ0) is 19.9. The van der Waals surface area contributed by atoms with Crippen molar-refractivity contribution in [2.24, 2.45) is 0 Å². The molecular formula is C23H22ClNO3. The van der Waals surface area contributed by atoms with Gasteiger partial charge in [-0.2, -0.15) is 0 Å². The summed E-state index contributed by atoms with van der Waals surface area (Å²) < 4.78 is 11.6. The molecule has 0 aliphatic carbocycles. The van der Waals surface area contributed by atoms with E-state index in [1.807, 2.05) is 50.2 Å². The van der Waals surface area contributed by atoms with Gasteiger partial charge in [-0.15, -0.1) is 0 Å². The molecule has 3 rings (SSSR count). The van der Waals surface area contributed by atoms with Crippen molar-refractivity contribution >= 4 is 23.2 Å². The molecule has 0 fully saturated rings. The number of hydrogen-bond donors (Lipinski definition) is 1. The van der Waals surface area contributed by atoms with Crippen LogP contribution < -0.4 is 14.8 Å². The SMILES string of the molecule is CCOc1cc(C(=O)Nc2cccc(Cl)c2C)ccc1OCc1ccccc1. The number of anilines is 1.